The van der Waals surface area contributed by atoms with Gasteiger partial charge in [-0.1, -0.05) is 6.07 Å². The van der Waals surface area contributed by atoms with E-state index < -0.39 is 20.7 Å². The maximum Gasteiger partial charge on any atom is 0.243 e. The molecule has 0 aliphatic heterocycles. The van der Waals surface area contributed by atoms with E-state index in [1.54, 1.807) is 0 Å². The first-order chi connectivity index (χ1) is 9.03. The minimum atomic E-state index is -3.95. The molecule has 0 radical (unpaired) electrons. The molecular weight excluding hydrogens is 273 g/mol. The maximum atomic E-state index is 13.6. The van der Waals surface area contributed by atoms with Gasteiger partial charge in [0.25, 0.3) is 0 Å². The molecule has 0 bridgehead atoms. The molecule has 0 amide bonds. The number of nitrogens with one attached hydrogen (secondary N) is 2. The first-order valence-electron chi connectivity index (χ1n) is 5.39. The van der Waals surface area contributed by atoms with Crippen molar-refractivity contribution in [3.8, 4) is 0 Å². The molecule has 8 heteroatoms. The van der Waals surface area contributed by atoms with Gasteiger partial charge in [0.05, 0.1) is 19.5 Å². The van der Waals surface area contributed by atoms with Crippen molar-refractivity contribution in [1.29, 1.82) is 0 Å². The van der Waals surface area contributed by atoms with E-state index in [1.165, 1.54) is 18.6 Å². The molecule has 1 aromatic heterocycles. The molecule has 102 valence electrons. The highest BCUT2D eigenvalue weighted by atomic mass is 32.2. The minimum Gasteiger partial charge on any atom is -0.392 e. The van der Waals surface area contributed by atoms with Gasteiger partial charge in [-0.2, -0.15) is 0 Å². The Balaban J connectivity index is 2.19. The molecule has 1 aromatic carbocycles. The summed E-state index contributed by atoms with van der Waals surface area (Å²) in [4.78, 5) is 6.02. The lowest BCUT2D eigenvalue weighted by Gasteiger charge is -2.07. The lowest BCUT2D eigenvalue weighted by Crippen LogP contribution is -2.24. The summed E-state index contributed by atoms with van der Waals surface area (Å²) in [5, 5.41) is 8.84. The molecule has 2 rings (SSSR count). The van der Waals surface area contributed by atoms with Crippen LogP contribution in [0.4, 0.5) is 4.39 Å². The zero-order valence-electron chi connectivity index (χ0n) is 9.80. The number of hydrogen-bond donors (Lipinski definition) is 3. The van der Waals surface area contributed by atoms with Gasteiger partial charge in [-0.05, 0) is 17.7 Å². The second-order valence-corrected chi connectivity index (χ2v) is 5.56. The van der Waals surface area contributed by atoms with Crippen molar-refractivity contribution in [3.63, 3.8) is 0 Å². The van der Waals surface area contributed by atoms with Crippen molar-refractivity contribution in [2.75, 3.05) is 0 Å². The molecule has 0 atom stereocenters. The normalized spacial score (nSPS) is 11.7. The average molecular weight is 285 g/mol. The van der Waals surface area contributed by atoms with Crippen LogP contribution in [0.3, 0.4) is 0 Å². The fourth-order valence-electron chi connectivity index (χ4n) is 1.49. The van der Waals surface area contributed by atoms with E-state index in [9.17, 15) is 12.8 Å². The van der Waals surface area contributed by atoms with Gasteiger partial charge >= 0.3 is 0 Å². The van der Waals surface area contributed by atoms with E-state index in [2.05, 4.69) is 14.7 Å². The van der Waals surface area contributed by atoms with Gasteiger partial charge in [-0.3, -0.25) is 0 Å². The van der Waals surface area contributed by atoms with E-state index in [0.29, 0.717) is 11.3 Å². The quantitative estimate of drug-likeness (QED) is 0.746. The standard InChI is InChI=1S/C11H12FN3O3S/c12-10-3-8(6-16)1-2-11(10)19(17,18)15-5-9-4-13-7-14-9/h1-4,7,15-16H,5-6H2,(H,13,14). The number of rotatable bonds is 5. The van der Waals surface area contributed by atoms with E-state index in [0.717, 1.165) is 12.1 Å². The van der Waals surface area contributed by atoms with Gasteiger partial charge in [0.1, 0.15) is 10.7 Å². The zero-order chi connectivity index (χ0) is 13.9. The number of imidazole rings is 1. The fourth-order valence-corrected chi connectivity index (χ4v) is 2.56. The second kappa shape index (κ2) is 5.47. The van der Waals surface area contributed by atoms with E-state index in [4.69, 9.17) is 5.11 Å². The molecule has 19 heavy (non-hydrogen) atoms. The van der Waals surface area contributed by atoms with Crippen LogP contribution >= 0.6 is 0 Å². The molecule has 0 saturated heterocycles. The number of hydrogen-bond acceptors (Lipinski definition) is 4. The van der Waals surface area contributed by atoms with E-state index >= 15 is 0 Å². The number of nitrogens with zero attached hydrogens (tertiary/aromatic N) is 1. The highest BCUT2D eigenvalue weighted by molar-refractivity contribution is 7.89. The third-order valence-electron chi connectivity index (χ3n) is 2.48. The Bertz CT molecular complexity index is 656. The van der Waals surface area contributed by atoms with Gasteiger partial charge in [-0.15, -0.1) is 0 Å². The number of benzene rings is 1. The lowest BCUT2D eigenvalue weighted by molar-refractivity contribution is 0.281. The SMILES string of the molecule is O=S(=O)(NCc1cnc[nH]1)c1ccc(CO)cc1F. The Morgan fingerprint density at radius 3 is 2.79 bits per heavy atom. The number of aromatic amines is 1. The molecule has 2 aromatic rings. The van der Waals surface area contributed by atoms with E-state index in [1.807, 2.05) is 0 Å². The van der Waals surface area contributed by atoms with Crippen LogP contribution in [-0.2, 0) is 23.2 Å². The van der Waals surface area contributed by atoms with Crippen molar-refractivity contribution in [3.05, 3.63) is 47.8 Å². The van der Waals surface area contributed by atoms with Gasteiger partial charge in [-0.25, -0.2) is 22.5 Å². The van der Waals surface area contributed by atoms with Crippen LogP contribution in [-0.4, -0.2) is 23.5 Å². The number of halogens is 1. The molecule has 0 unspecified atom stereocenters. The number of aliphatic hydroxyl groups excluding tert-OH is 1. The molecule has 0 aliphatic carbocycles. The Morgan fingerprint density at radius 1 is 1.42 bits per heavy atom. The fraction of sp³-hybridized carbons (Fsp3) is 0.182. The molecule has 6 nitrogen and oxygen atoms in total. The highest BCUT2D eigenvalue weighted by Crippen LogP contribution is 2.16. The summed E-state index contributed by atoms with van der Waals surface area (Å²) in [5.41, 5.74) is 0.876. The van der Waals surface area contributed by atoms with Crippen molar-refractivity contribution in [2.24, 2.45) is 0 Å². The number of aliphatic hydroxyl groups is 1. The van der Waals surface area contributed by atoms with Crippen LogP contribution in [0.25, 0.3) is 0 Å². The van der Waals surface area contributed by atoms with Gasteiger partial charge in [0, 0.05) is 11.9 Å². The number of aromatic nitrogens is 2. The molecular formula is C11H12FN3O3S. The molecule has 3 N–H and O–H groups in total. The van der Waals surface area contributed by atoms with Crippen LogP contribution < -0.4 is 4.72 Å². The summed E-state index contributed by atoms with van der Waals surface area (Å²) in [7, 11) is -3.95. The van der Waals surface area contributed by atoms with Crippen LogP contribution in [0, 0.1) is 5.82 Å². The molecule has 1 heterocycles. The smallest absolute Gasteiger partial charge is 0.243 e. The van der Waals surface area contributed by atoms with Crippen LogP contribution in [0.1, 0.15) is 11.3 Å². The summed E-state index contributed by atoms with van der Waals surface area (Å²) in [6, 6.07) is 3.47. The molecule has 0 aliphatic rings. The summed E-state index contributed by atoms with van der Waals surface area (Å²) in [6.07, 6.45) is 2.88. The third kappa shape index (κ3) is 3.16. The van der Waals surface area contributed by atoms with Crippen molar-refractivity contribution in [2.45, 2.75) is 18.0 Å². The summed E-state index contributed by atoms with van der Waals surface area (Å²) in [5.74, 6) is -0.899. The van der Waals surface area contributed by atoms with Crippen LogP contribution in [0.15, 0.2) is 35.6 Å². The minimum absolute atomic E-state index is 0.0104. The number of H-pyrrole nitrogens is 1. The summed E-state index contributed by atoms with van der Waals surface area (Å²) in [6.45, 7) is -0.359. The molecule has 0 saturated carbocycles. The van der Waals surface area contributed by atoms with Gasteiger partial charge in [0.15, 0.2) is 0 Å². The summed E-state index contributed by atoms with van der Waals surface area (Å²) < 4.78 is 39.7. The lowest BCUT2D eigenvalue weighted by atomic mass is 10.2. The van der Waals surface area contributed by atoms with Gasteiger partial charge < -0.3 is 10.1 Å². The third-order valence-corrected chi connectivity index (χ3v) is 3.91. The Kier molecular flexibility index (Phi) is 3.93. The predicted octanol–water partition coefficient (Wildman–Crippen LogP) is 0.520. The monoisotopic (exact) mass is 285 g/mol. The zero-order valence-corrected chi connectivity index (χ0v) is 10.6. The largest absolute Gasteiger partial charge is 0.392 e. The van der Waals surface area contributed by atoms with Crippen molar-refractivity contribution < 1.29 is 17.9 Å². The van der Waals surface area contributed by atoms with Gasteiger partial charge in [0.2, 0.25) is 10.0 Å². The average Bonchev–Trinajstić information content (AvgIpc) is 2.89. The van der Waals surface area contributed by atoms with Crippen LogP contribution in [0.5, 0.6) is 0 Å². The summed E-state index contributed by atoms with van der Waals surface area (Å²) >= 11 is 0. The van der Waals surface area contributed by atoms with E-state index in [-0.39, 0.29) is 13.2 Å². The highest BCUT2D eigenvalue weighted by Gasteiger charge is 2.19. The van der Waals surface area contributed by atoms with Crippen LogP contribution in [0.2, 0.25) is 0 Å². The topological polar surface area (TPSA) is 95.1 Å². The predicted molar refractivity (Wildman–Crippen MR) is 64.9 cm³/mol. The Labute approximate surface area is 109 Å². The maximum absolute atomic E-state index is 13.6. The Hall–Kier alpha value is -1.77. The molecule has 0 fully saturated rings. The van der Waals surface area contributed by atoms with Crippen molar-refractivity contribution in [1.82, 2.24) is 14.7 Å². The first kappa shape index (κ1) is 13.7. The van der Waals surface area contributed by atoms with Crippen molar-refractivity contribution >= 4 is 10.0 Å². The second-order valence-electron chi connectivity index (χ2n) is 3.82. The number of sulfonamides is 1. The Morgan fingerprint density at radius 2 is 2.21 bits per heavy atom. The first-order valence-corrected chi connectivity index (χ1v) is 6.87. The molecule has 0 spiro atoms.